The molecule has 124 valence electrons. The van der Waals surface area contributed by atoms with Gasteiger partial charge in [-0.3, -0.25) is 14.7 Å². The first kappa shape index (κ1) is 15.9. The number of aromatic amines is 2. The molecule has 2 N–H and O–H groups in total. The fourth-order valence-electron chi connectivity index (χ4n) is 2.96. The minimum atomic E-state index is -3.51. The smallest absolute Gasteiger partial charge is 0.256 e. The Morgan fingerprint density at radius 3 is 2.65 bits per heavy atom. The van der Waals surface area contributed by atoms with Gasteiger partial charge in [-0.05, 0) is 25.5 Å². The summed E-state index contributed by atoms with van der Waals surface area (Å²) in [5, 5.41) is -0.244. The Balaban J connectivity index is 1.87. The fraction of sp³-hybridized carbons (Fsp3) is 0.467. The molecule has 0 saturated heterocycles. The van der Waals surface area contributed by atoms with Crippen LogP contribution < -0.4 is 5.56 Å². The third-order valence-electron chi connectivity index (χ3n) is 4.13. The quantitative estimate of drug-likeness (QED) is 0.803. The van der Waals surface area contributed by atoms with E-state index in [1.54, 1.807) is 0 Å². The van der Waals surface area contributed by atoms with Crippen LogP contribution in [0.3, 0.4) is 0 Å². The van der Waals surface area contributed by atoms with Crippen molar-refractivity contribution in [2.24, 2.45) is 0 Å². The number of hydrogen-bond donors (Lipinski definition) is 2. The van der Waals surface area contributed by atoms with Gasteiger partial charge in [-0.1, -0.05) is 0 Å². The van der Waals surface area contributed by atoms with Crippen molar-refractivity contribution in [2.75, 3.05) is 12.8 Å². The molecule has 23 heavy (non-hydrogen) atoms. The summed E-state index contributed by atoms with van der Waals surface area (Å²) in [7, 11) is -3.51. The van der Waals surface area contributed by atoms with Crippen LogP contribution in [0.2, 0.25) is 0 Å². The molecule has 1 aliphatic rings. The highest BCUT2D eigenvalue weighted by Gasteiger charge is 2.23. The second-order valence-electron chi connectivity index (χ2n) is 6.13. The van der Waals surface area contributed by atoms with E-state index in [2.05, 4.69) is 25.9 Å². The highest BCUT2D eigenvalue weighted by molar-refractivity contribution is 7.90. The molecule has 2 aromatic rings. The molecular weight excluding hydrogens is 316 g/mol. The van der Waals surface area contributed by atoms with E-state index in [9.17, 15) is 13.2 Å². The van der Waals surface area contributed by atoms with Crippen molar-refractivity contribution in [3.05, 3.63) is 44.6 Å². The lowest BCUT2D eigenvalue weighted by Crippen LogP contribution is -2.36. The number of hydrogen-bond acceptors (Lipinski definition) is 5. The van der Waals surface area contributed by atoms with E-state index in [4.69, 9.17) is 0 Å². The molecule has 2 aromatic heterocycles. The maximum Gasteiger partial charge on any atom is 0.256 e. The van der Waals surface area contributed by atoms with E-state index in [1.807, 2.05) is 13.8 Å². The largest absolute Gasteiger partial charge is 0.362 e. The van der Waals surface area contributed by atoms with Crippen LogP contribution in [0.1, 0.15) is 28.2 Å². The van der Waals surface area contributed by atoms with Gasteiger partial charge in [-0.25, -0.2) is 13.4 Å². The Bertz CT molecular complexity index is 911. The first-order chi connectivity index (χ1) is 10.7. The van der Waals surface area contributed by atoms with Crippen LogP contribution in [0.5, 0.6) is 0 Å². The molecule has 0 bridgehead atoms. The van der Waals surface area contributed by atoms with E-state index in [-0.39, 0.29) is 10.7 Å². The zero-order chi connectivity index (χ0) is 16.8. The van der Waals surface area contributed by atoms with Crippen LogP contribution in [0.4, 0.5) is 0 Å². The van der Waals surface area contributed by atoms with Crippen molar-refractivity contribution in [3.63, 3.8) is 0 Å². The lowest BCUT2D eigenvalue weighted by Gasteiger charge is -2.27. The van der Waals surface area contributed by atoms with E-state index in [0.717, 1.165) is 30.7 Å². The molecule has 0 spiro atoms. The van der Waals surface area contributed by atoms with E-state index >= 15 is 0 Å². The van der Waals surface area contributed by atoms with Gasteiger partial charge in [0.05, 0.1) is 11.3 Å². The van der Waals surface area contributed by atoms with Gasteiger partial charge in [0, 0.05) is 43.7 Å². The average molecular weight is 336 g/mol. The van der Waals surface area contributed by atoms with Gasteiger partial charge in [0.2, 0.25) is 15.0 Å². The van der Waals surface area contributed by atoms with Crippen molar-refractivity contribution in [2.45, 2.75) is 38.5 Å². The molecule has 3 rings (SSSR count). The topological polar surface area (TPSA) is 98.9 Å². The monoisotopic (exact) mass is 336 g/mol. The summed E-state index contributed by atoms with van der Waals surface area (Å²) in [6.07, 6.45) is 1.62. The fourth-order valence-corrected chi connectivity index (χ4v) is 3.51. The number of nitrogens with one attached hydrogen (secondary N) is 2. The summed E-state index contributed by atoms with van der Waals surface area (Å²) >= 11 is 0. The predicted molar refractivity (Wildman–Crippen MR) is 86.1 cm³/mol. The molecule has 0 radical (unpaired) electrons. The molecule has 0 amide bonds. The Morgan fingerprint density at radius 1 is 1.30 bits per heavy atom. The van der Waals surface area contributed by atoms with Crippen molar-refractivity contribution < 1.29 is 8.42 Å². The van der Waals surface area contributed by atoms with Gasteiger partial charge < -0.3 is 4.98 Å². The molecule has 0 atom stereocenters. The van der Waals surface area contributed by atoms with Crippen LogP contribution >= 0.6 is 0 Å². The molecule has 8 heteroatoms. The van der Waals surface area contributed by atoms with Gasteiger partial charge >= 0.3 is 0 Å². The Labute approximate surface area is 134 Å². The molecule has 0 unspecified atom stereocenters. The highest BCUT2D eigenvalue weighted by Crippen LogP contribution is 2.19. The van der Waals surface area contributed by atoms with Crippen LogP contribution in [-0.2, 0) is 29.3 Å². The second kappa shape index (κ2) is 5.61. The first-order valence-corrected chi connectivity index (χ1v) is 9.33. The highest BCUT2D eigenvalue weighted by atomic mass is 32.2. The van der Waals surface area contributed by atoms with Gasteiger partial charge in [0.25, 0.3) is 5.56 Å². The van der Waals surface area contributed by atoms with E-state index in [1.165, 1.54) is 5.56 Å². The van der Waals surface area contributed by atoms with Gasteiger partial charge in [-0.2, -0.15) is 0 Å². The van der Waals surface area contributed by atoms with Crippen molar-refractivity contribution in [1.29, 1.82) is 0 Å². The maximum absolute atomic E-state index is 12.2. The molecule has 7 nitrogen and oxygen atoms in total. The third-order valence-corrected chi connectivity index (χ3v) is 5.02. The lowest BCUT2D eigenvalue weighted by atomic mass is 10.1. The first-order valence-electron chi connectivity index (χ1n) is 7.43. The number of aromatic nitrogens is 3. The van der Waals surface area contributed by atoms with Gasteiger partial charge in [-0.15, -0.1) is 0 Å². The second-order valence-corrected chi connectivity index (χ2v) is 8.06. The van der Waals surface area contributed by atoms with Crippen LogP contribution in [-0.4, -0.2) is 41.1 Å². The minimum Gasteiger partial charge on any atom is -0.362 e. The molecule has 0 aromatic carbocycles. The van der Waals surface area contributed by atoms with Crippen molar-refractivity contribution >= 4 is 9.84 Å². The SMILES string of the molecule is Cc1cc(CN2CCc3nc(S(C)(=O)=O)[nH]c(=O)c3C2)c(C)[nH]1. The van der Waals surface area contributed by atoms with E-state index < -0.39 is 9.84 Å². The number of fused-ring (bicyclic) bond motifs is 1. The van der Waals surface area contributed by atoms with Crippen molar-refractivity contribution in [3.8, 4) is 0 Å². The van der Waals surface area contributed by atoms with Gasteiger partial charge in [0.1, 0.15) is 0 Å². The maximum atomic E-state index is 12.2. The Kier molecular flexibility index (Phi) is 3.89. The van der Waals surface area contributed by atoms with Crippen molar-refractivity contribution in [1.82, 2.24) is 19.9 Å². The van der Waals surface area contributed by atoms with E-state index in [0.29, 0.717) is 24.2 Å². The molecule has 0 saturated carbocycles. The van der Waals surface area contributed by atoms with Crippen LogP contribution in [0.15, 0.2) is 16.0 Å². The van der Waals surface area contributed by atoms with Gasteiger partial charge in [0.15, 0.2) is 0 Å². The third kappa shape index (κ3) is 3.23. The molecular formula is C15H20N4O3S. The number of nitrogens with zero attached hydrogens (tertiary/aromatic N) is 2. The number of rotatable bonds is 3. The summed E-state index contributed by atoms with van der Waals surface area (Å²) < 4.78 is 23.1. The number of sulfone groups is 1. The summed E-state index contributed by atoms with van der Waals surface area (Å²) in [5.74, 6) is 0. The summed E-state index contributed by atoms with van der Waals surface area (Å²) in [5.41, 5.74) is 4.26. The molecule has 0 aliphatic carbocycles. The summed E-state index contributed by atoms with van der Waals surface area (Å²) in [6.45, 7) is 6.03. The summed E-state index contributed by atoms with van der Waals surface area (Å²) in [6, 6.07) is 2.11. The average Bonchev–Trinajstić information content (AvgIpc) is 2.76. The predicted octanol–water partition coefficient (Wildman–Crippen LogP) is 0.677. The minimum absolute atomic E-state index is 0.244. The normalized spacial score (nSPS) is 15.6. The lowest BCUT2D eigenvalue weighted by molar-refractivity contribution is 0.240. The molecule has 3 heterocycles. The van der Waals surface area contributed by atoms with Crippen LogP contribution in [0, 0.1) is 13.8 Å². The zero-order valence-electron chi connectivity index (χ0n) is 13.4. The Morgan fingerprint density at radius 2 is 2.04 bits per heavy atom. The Hall–Kier alpha value is -1.93. The molecule has 1 aliphatic heterocycles. The summed E-state index contributed by atoms with van der Waals surface area (Å²) in [4.78, 5) is 24.2. The number of H-pyrrole nitrogens is 2. The standard InChI is InChI=1S/C15H20N4O3S/c1-9-6-11(10(2)16-9)7-19-5-4-13-12(8-19)14(20)18-15(17-13)23(3,21)22/h6,16H,4-5,7-8H2,1-3H3,(H,17,18,20). The zero-order valence-corrected chi connectivity index (χ0v) is 14.2. The molecule has 0 fully saturated rings. The number of aryl methyl sites for hydroxylation is 2. The van der Waals surface area contributed by atoms with Crippen LogP contribution in [0.25, 0.3) is 0 Å².